The van der Waals surface area contributed by atoms with Gasteiger partial charge in [0.15, 0.2) is 0 Å². The molecule has 1 unspecified atom stereocenters. The van der Waals surface area contributed by atoms with Crippen LogP contribution in [0.4, 0.5) is 8.78 Å². The lowest BCUT2D eigenvalue weighted by Crippen LogP contribution is -2.34. The number of ketones is 1. The van der Waals surface area contributed by atoms with Crippen molar-refractivity contribution in [1.82, 2.24) is 0 Å². The predicted octanol–water partition coefficient (Wildman–Crippen LogP) is 1.84. The molecule has 0 aromatic rings. The van der Waals surface area contributed by atoms with Crippen molar-refractivity contribution in [3.05, 3.63) is 0 Å². The predicted molar refractivity (Wildman–Crippen MR) is 36.4 cm³/mol. The van der Waals surface area contributed by atoms with Crippen LogP contribution in [0.2, 0.25) is 0 Å². The van der Waals surface area contributed by atoms with E-state index in [9.17, 15) is 13.6 Å². The summed E-state index contributed by atoms with van der Waals surface area (Å²) in [5.41, 5.74) is 0. The molecule has 4 heteroatoms. The van der Waals surface area contributed by atoms with Crippen LogP contribution in [0.15, 0.2) is 0 Å². The van der Waals surface area contributed by atoms with Crippen LogP contribution in [0.3, 0.4) is 0 Å². The average molecular weight is 166 g/mol. The number of methoxy groups -OCH3 is 1. The number of Topliss-reactive ketones (excluding diaryl/α,β-unsaturated/α-hetero) is 1. The molecule has 0 aromatic carbocycles. The largest absolute Gasteiger partial charge is 0.416 e. The molecule has 0 spiro atoms. The molecule has 0 bridgehead atoms. The Morgan fingerprint density at radius 2 is 2.09 bits per heavy atom. The number of rotatable bonds is 4. The molecular weight excluding hydrogens is 154 g/mol. The van der Waals surface area contributed by atoms with Crippen molar-refractivity contribution in [3.63, 3.8) is 0 Å². The highest BCUT2D eigenvalue weighted by Crippen LogP contribution is 2.21. The summed E-state index contributed by atoms with van der Waals surface area (Å²) in [6.45, 7) is 3.13. The summed E-state index contributed by atoms with van der Waals surface area (Å²) in [5.74, 6) is -1.80. The Labute approximate surface area is 64.5 Å². The van der Waals surface area contributed by atoms with E-state index in [-0.39, 0.29) is 0 Å². The zero-order valence-electron chi connectivity index (χ0n) is 6.86. The van der Waals surface area contributed by atoms with Gasteiger partial charge in [0.25, 0.3) is 0 Å². The second-order valence-electron chi connectivity index (χ2n) is 2.39. The Balaban J connectivity index is 4.23. The molecule has 1 atom stereocenters. The van der Waals surface area contributed by atoms with E-state index in [0.717, 1.165) is 7.11 Å². The molecule has 0 rings (SSSR count). The molecule has 0 saturated carbocycles. The average Bonchev–Trinajstić information content (AvgIpc) is 2.01. The van der Waals surface area contributed by atoms with E-state index in [1.807, 2.05) is 0 Å². The van der Waals surface area contributed by atoms with E-state index in [4.69, 9.17) is 0 Å². The SMILES string of the molecule is CCC(C)C(=O)C(F)(F)OC. The van der Waals surface area contributed by atoms with Gasteiger partial charge in [-0.3, -0.25) is 4.79 Å². The van der Waals surface area contributed by atoms with Gasteiger partial charge in [0.2, 0.25) is 5.78 Å². The summed E-state index contributed by atoms with van der Waals surface area (Å²) in [6.07, 6.45) is -3.22. The summed E-state index contributed by atoms with van der Waals surface area (Å²) in [4.78, 5) is 10.8. The molecule has 0 aromatic heterocycles. The van der Waals surface area contributed by atoms with Crippen LogP contribution >= 0.6 is 0 Å². The van der Waals surface area contributed by atoms with E-state index in [1.54, 1.807) is 6.92 Å². The summed E-state index contributed by atoms with van der Waals surface area (Å²) in [6, 6.07) is 0. The first-order valence-corrected chi connectivity index (χ1v) is 3.43. The molecule has 11 heavy (non-hydrogen) atoms. The smallest absolute Gasteiger partial charge is 0.318 e. The molecule has 0 aliphatic carbocycles. The van der Waals surface area contributed by atoms with E-state index in [1.165, 1.54) is 6.92 Å². The maximum Gasteiger partial charge on any atom is 0.416 e. The number of alkyl halides is 2. The zero-order valence-corrected chi connectivity index (χ0v) is 6.86. The molecule has 0 fully saturated rings. The van der Waals surface area contributed by atoms with Gasteiger partial charge in [-0.2, -0.15) is 8.78 Å². The normalized spacial score (nSPS) is 14.6. The second kappa shape index (κ2) is 3.76. The van der Waals surface area contributed by atoms with Crippen LogP contribution < -0.4 is 0 Å². The zero-order chi connectivity index (χ0) is 9.07. The lowest BCUT2D eigenvalue weighted by molar-refractivity contribution is -0.220. The van der Waals surface area contributed by atoms with Gasteiger partial charge >= 0.3 is 6.11 Å². The third kappa shape index (κ3) is 2.54. The van der Waals surface area contributed by atoms with Gasteiger partial charge in [-0.15, -0.1) is 0 Å². The Hall–Kier alpha value is -0.510. The minimum absolute atomic E-state index is 0.401. The number of carbonyl (C=O) groups excluding carboxylic acids is 1. The fourth-order valence-corrected chi connectivity index (χ4v) is 0.573. The number of hydrogen-bond donors (Lipinski definition) is 0. The topological polar surface area (TPSA) is 26.3 Å². The molecule has 0 N–H and O–H groups in total. The Morgan fingerprint density at radius 3 is 2.36 bits per heavy atom. The highest BCUT2D eigenvalue weighted by Gasteiger charge is 2.40. The van der Waals surface area contributed by atoms with Crippen molar-refractivity contribution in [2.45, 2.75) is 26.4 Å². The van der Waals surface area contributed by atoms with E-state index >= 15 is 0 Å². The lowest BCUT2D eigenvalue weighted by Gasteiger charge is -2.15. The van der Waals surface area contributed by atoms with Crippen LogP contribution in [0.1, 0.15) is 20.3 Å². The highest BCUT2D eigenvalue weighted by molar-refractivity contribution is 5.86. The van der Waals surface area contributed by atoms with E-state index < -0.39 is 17.8 Å². The first kappa shape index (κ1) is 10.5. The van der Waals surface area contributed by atoms with Crippen LogP contribution in [-0.4, -0.2) is 19.0 Å². The Bertz CT molecular complexity index is 145. The summed E-state index contributed by atoms with van der Waals surface area (Å²) in [5, 5.41) is 0. The molecule has 0 aliphatic rings. The maximum atomic E-state index is 12.4. The van der Waals surface area contributed by atoms with Gasteiger partial charge in [0, 0.05) is 13.0 Å². The quantitative estimate of drug-likeness (QED) is 0.637. The van der Waals surface area contributed by atoms with Gasteiger partial charge in [-0.1, -0.05) is 13.8 Å². The minimum atomic E-state index is -3.62. The maximum absolute atomic E-state index is 12.4. The number of hydrogen-bond acceptors (Lipinski definition) is 2. The van der Waals surface area contributed by atoms with Gasteiger partial charge in [-0.25, -0.2) is 0 Å². The second-order valence-corrected chi connectivity index (χ2v) is 2.39. The number of halogens is 2. The van der Waals surface area contributed by atoms with Crippen molar-refractivity contribution >= 4 is 5.78 Å². The van der Waals surface area contributed by atoms with Crippen LogP contribution in [0, 0.1) is 5.92 Å². The lowest BCUT2D eigenvalue weighted by atomic mass is 10.0. The molecule has 66 valence electrons. The standard InChI is InChI=1S/C7H12F2O2/c1-4-5(2)6(10)7(8,9)11-3/h5H,4H2,1-3H3. The third-order valence-corrected chi connectivity index (χ3v) is 1.60. The molecule has 0 saturated heterocycles. The molecule has 0 aliphatic heterocycles. The fraction of sp³-hybridized carbons (Fsp3) is 0.857. The van der Waals surface area contributed by atoms with Crippen LogP contribution in [0.5, 0.6) is 0 Å². The first-order valence-electron chi connectivity index (χ1n) is 3.43. The van der Waals surface area contributed by atoms with Crippen LogP contribution in [0.25, 0.3) is 0 Å². The van der Waals surface area contributed by atoms with Crippen molar-refractivity contribution in [2.24, 2.45) is 5.92 Å². The van der Waals surface area contributed by atoms with E-state index in [0.29, 0.717) is 6.42 Å². The summed E-state index contributed by atoms with van der Waals surface area (Å²) >= 11 is 0. The first-order chi connectivity index (χ1) is 4.95. The van der Waals surface area contributed by atoms with Gasteiger partial charge < -0.3 is 4.74 Å². The monoisotopic (exact) mass is 166 g/mol. The van der Waals surface area contributed by atoms with Crippen molar-refractivity contribution in [2.75, 3.05) is 7.11 Å². The number of carbonyl (C=O) groups is 1. The van der Waals surface area contributed by atoms with Gasteiger partial charge in [0.1, 0.15) is 0 Å². The fourth-order valence-electron chi connectivity index (χ4n) is 0.573. The molecule has 0 radical (unpaired) electrons. The summed E-state index contributed by atoms with van der Waals surface area (Å²) in [7, 11) is 0.820. The number of ether oxygens (including phenoxy) is 1. The third-order valence-electron chi connectivity index (χ3n) is 1.60. The molecule has 0 heterocycles. The summed E-state index contributed by atoms with van der Waals surface area (Å²) < 4.78 is 28.6. The van der Waals surface area contributed by atoms with Crippen molar-refractivity contribution < 1.29 is 18.3 Å². The minimum Gasteiger partial charge on any atom is -0.318 e. The van der Waals surface area contributed by atoms with Crippen molar-refractivity contribution in [1.29, 1.82) is 0 Å². The molecular formula is C7H12F2O2. The Kier molecular flexibility index (Phi) is 3.58. The van der Waals surface area contributed by atoms with Crippen LogP contribution in [-0.2, 0) is 9.53 Å². The van der Waals surface area contributed by atoms with Crippen molar-refractivity contribution in [3.8, 4) is 0 Å². The van der Waals surface area contributed by atoms with Gasteiger partial charge in [-0.05, 0) is 6.42 Å². The molecule has 2 nitrogen and oxygen atoms in total. The Morgan fingerprint density at radius 1 is 1.64 bits per heavy atom. The highest BCUT2D eigenvalue weighted by atomic mass is 19.3. The van der Waals surface area contributed by atoms with E-state index in [2.05, 4.69) is 4.74 Å². The molecule has 0 amide bonds. The van der Waals surface area contributed by atoms with Gasteiger partial charge in [0.05, 0.1) is 0 Å².